The molecule has 0 saturated carbocycles. The lowest BCUT2D eigenvalue weighted by Crippen LogP contribution is -2.56. The minimum atomic E-state index is -1.52. The number of rotatable bonds is 8. The Morgan fingerprint density at radius 1 is 1.30 bits per heavy atom. The second kappa shape index (κ2) is 9.79. The van der Waals surface area contributed by atoms with Gasteiger partial charge in [0.2, 0.25) is 0 Å². The van der Waals surface area contributed by atoms with Gasteiger partial charge in [0.25, 0.3) is 0 Å². The van der Waals surface area contributed by atoms with Crippen molar-refractivity contribution in [2.45, 2.75) is 57.5 Å². The fourth-order valence-electron chi connectivity index (χ4n) is 3.09. The number of nitrogens with two attached hydrogens (primary N) is 2. The summed E-state index contributed by atoms with van der Waals surface area (Å²) in [7, 11) is 0. The summed E-state index contributed by atoms with van der Waals surface area (Å²) in [6.45, 7) is 4.19. The van der Waals surface area contributed by atoms with Crippen LogP contribution in [0.4, 0.5) is 0 Å². The van der Waals surface area contributed by atoms with E-state index < -0.39 is 24.8 Å². The van der Waals surface area contributed by atoms with Crippen LogP contribution in [0.25, 0.3) is 0 Å². The molecule has 0 aromatic carbocycles. The fraction of sp³-hybridized carbons (Fsp3) is 1.00. The first-order valence-corrected chi connectivity index (χ1v) is 7.94. The minimum Gasteiger partial charge on any atom is -0.378 e. The van der Waals surface area contributed by atoms with Crippen LogP contribution in [-0.4, -0.2) is 69.5 Å². The van der Waals surface area contributed by atoms with Gasteiger partial charge in [-0.3, -0.25) is 16.5 Å². The Labute approximate surface area is 136 Å². The van der Waals surface area contributed by atoms with Crippen molar-refractivity contribution in [1.82, 2.24) is 21.2 Å². The Hall–Kier alpha value is -0.400. The largest absolute Gasteiger partial charge is 0.378 e. The van der Waals surface area contributed by atoms with Crippen molar-refractivity contribution < 1.29 is 20.4 Å². The van der Waals surface area contributed by atoms with Crippen LogP contribution in [0.15, 0.2) is 0 Å². The molecule has 1 rings (SSSR count). The van der Waals surface area contributed by atoms with Crippen LogP contribution in [0.3, 0.4) is 0 Å². The average molecular weight is 336 g/mol. The van der Waals surface area contributed by atoms with Gasteiger partial charge in [0, 0.05) is 12.0 Å². The summed E-state index contributed by atoms with van der Waals surface area (Å²) in [6, 6.07) is -0.779. The molecule has 6 atom stereocenters. The summed E-state index contributed by atoms with van der Waals surface area (Å²) in [4.78, 5) is 0. The molecule has 0 bridgehead atoms. The first kappa shape index (κ1) is 20.6. The Morgan fingerprint density at radius 3 is 2.48 bits per heavy atom. The smallest absolute Gasteiger partial charge is 0.167 e. The molecule has 1 aliphatic rings. The minimum absolute atomic E-state index is 0.143. The Balaban J connectivity index is 2.61. The van der Waals surface area contributed by atoms with Crippen molar-refractivity contribution in [2.75, 3.05) is 13.2 Å². The van der Waals surface area contributed by atoms with Crippen LogP contribution in [-0.2, 0) is 0 Å². The van der Waals surface area contributed by atoms with Gasteiger partial charge in [-0.2, -0.15) is 5.53 Å². The van der Waals surface area contributed by atoms with Crippen LogP contribution in [0, 0.1) is 11.8 Å². The van der Waals surface area contributed by atoms with E-state index in [1.54, 1.807) is 0 Å². The molecule has 10 heteroatoms. The van der Waals surface area contributed by atoms with Gasteiger partial charge in [-0.15, -0.1) is 0 Å². The third-order valence-electron chi connectivity index (χ3n) is 4.37. The number of nitrogens with zero attached hydrogens (tertiary/aromatic N) is 1. The third-order valence-corrected chi connectivity index (χ3v) is 4.37. The summed E-state index contributed by atoms with van der Waals surface area (Å²) >= 11 is 0. The SMILES string of the molecule is CC1CC(C(O)O)NC(O)C(C(C)NC(O)CN(CN)NN)C1. The van der Waals surface area contributed by atoms with Crippen molar-refractivity contribution >= 4 is 0 Å². The number of nitrogens with one attached hydrogen (secondary N) is 3. The molecule has 0 aromatic rings. The number of hydrogen-bond donors (Lipinski definition) is 9. The van der Waals surface area contributed by atoms with E-state index in [1.165, 1.54) is 5.01 Å². The molecular formula is C13H32N6O4. The zero-order valence-corrected chi connectivity index (χ0v) is 13.8. The molecule has 0 spiro atoms. The van der Waals surface area contributed by atoms with Crippen LogP contribution in [0.1, 0.15) is 26.7 Å². The molecule has 1 fully saturated rings. The molecule has 6 unspecified atom stereocenters. The third kappa shape index (κ3) is 6.55. The molecule has 23 heavy (non-hydrogen) atoms. The predicted octanol–water partition coefficient (Wildman–Crippen LogP) is -3.49. The molecule has 138 valence electrons. The highest BCUT2D eigenvalue weighted by molar-refractivity contribution is 4.87. The molecule has 0 radical (unpaired) electrons. The van der Waals surface area contributed by atoms with Gasteiger partial charge in [-0.1, -0.05) is 6.92 Å². The van der Waals surface area contributed by atoms with E-state index in [0.29, 0.717) is 12.8 Å². The highest BCUT2D eigenvalue weighted by Gasteiger charge is 2.35. The lowest BCUT2D eigenvalue weighted by atomic mass is 9.88. The van der Waals surface area contributed by atoms with E-state index in [0.717, 1.165) is 0 Å². The number of hydrazine groups is 2. The van der Waals surface area contributed by atoms with E-state index in [4.69, 9.17) is 11.6 Å². The van der Waals surface area contributed by atoms with Gasteiger partial charge >= 0.3 is 0 Å². The van der Waals surface area contributed by atoms with Crippen LogP contribution in [0.2, 0.25) is 0 Å². The molecule has 0 aliphatic carbocycles. The summed E-state index contributed by atoms with van der Waals surface area (Å²) in [5, 5.41) is 46.4. The van der Waals surface area contributed by atoms with Gasteiger partial charge in [-0.05, 0) is 25.7 Å². The normalized spacial score (nSPS) is 32.1. The van der Waals surface area contributed by atoms with Crippen molar-refractivity contribution in [3.63, 3.8) is 0 Å². The molecule has 1 heterocycles. The molecule has 1 saturated heterocycles. The summed E-state index contributed by atoms with van der Waals surface area (Å²) in [5.74, 6) is 5.27. The maximum atomic E-state index is 10.3. The molecule has 0 amide bonds. The zero-order valence-electron chi connectivity index (χ0n) is 13.8. The monoisotopic (exact) mass is 336 g/mol. The van der Waals surface area contributed by atoms with Crippen LogP contribution >= 0.6 is 0 Å². The van der Waals surface area contributed by atoms with Crippen molar-refractivity contribution in [3.05, 3.63) is 0 Å². The van der Waals surface area contributed by atoms with Gasteiger partial charge in [-0.25, -0.2) is 5.01 Å². The van der Waals surface area contributed by atoms with Gasteiger partial charge in [0.15, 0.2) is 6.29 Å². The van der Waals surface area contributed by atoms with Crippen molar-refractivity contribution in [3.8, 4) is 0 Å². The fourth-order valence-corrected chi connectivity index (χ4v) is 3.09. The molecular weight excluding hydrogens is 304 g/mol. The van der Waals surface area contributed by atoms with E-state index in [2.05, 4.69) is 16.2 Å². The van der Waals surface area contributed by atoms with Crippen molar-refractivity contribution in [1.29, 1.82) is 0 Å². The Bertz CT molecular complexity index is 334. The standard InChI is InChI=1S/C13H32N6O4/c1-7-3-9(12(21)17-10(4-7)13(22)23)8(2)16-11(20)5-19(6-14)18-15/h7-13,16-18,20-23H,3-6,14-15H2,1-2H3. The quantitative estimate of drug-likeness (QED) is 0.123. The Kier molecular flexibility index (Phi) is 8.79. The number of hydrogen-bond acceptors (Lipinski definition) is 10. The molecule has 10 nitrogen and oxygen atoms in total. The lowest BCUT2D eigenvalue weighted by molar-refractivity contribution is -0.0833. The first-order chi connectivity index (χ1) is 10.8. The van der Waals surface area contributed by atoms with E-state index in [1.807, 2.05) is 13.8 Å². The van der Waals surface area contributed by atoms with E-state index in [9.17, 15) is 20.4 Å². The zero-order chi connectivity index (χ0) is 17.6. The maximum Gasteiger partial charge on any atom is 0.167 e. The highest BCUT2D eigenvalue weighted by atomic mass is 16.5. The van der Waals surface area contributed by atoms with Crippen molar-refractivity contribution in [2.24, 2.45) is 23.4 Å². The van der Waals surface area contributed by atoms with Gasteiger partial charge in [0.1, 0.15) is 12.5 Å². The summed E-state index contributed by atoms with van der Waals surface area (Å²) in [5.41, 5.74) is 7.83. The number of aliphatic hydroxyl groups excluding tert-OH is 3. The summed E-state index contributed by atoms with van der Waals surface area (Å²) < 4.78 is 0. The van der Waals surface area contributed by atoms with Crippen LogP contribution < -0.4 is 27.7 Å². The average Bonchev–Trinajstić information content (AvgIpc) is 2.63. The lowest BCUT2D eigenvalue weighted by Gasteiger charge is -2.32. The first-order valence-electron chi connectivity index (χ1n) is 7.94. The predicted molar refractivity (Wildman–Crippen MR) is 84.7 cm³/mol. The highest BCUT2D eigenvalue weighted by Crippen LogP contribution is 2.27. The summed E-state index contributed by atoms with van der Waals surface area (Å²) in [6.07, 6.45) is -2.06. The topological polar surface area (TPSA) is 172 Å². The van der Waals surface area contributed by atoms with Gasteiger partial charge < -0.3 is 26.2 Å². The van der Waals surface area contributed by atoms with Gasteiger partial charge in [0.05, 0.1) is 19.3 Å². The molecule has 0 aromatic heterocycles. The molecule has 1 aliphatic heterocycles. The van der Waals surface area contributed by atoms with E-state index >= 15 is 0 Å². The molecule has 11 N–H and O–H groups in total. The number of aliphatic hydroxyl groups is 4. The Morgan fingerprint density at radius 2 is 1.96 bits per heavy atom. The van der Waals surface area contributed by atoms with E-state index in [-0.39, 0.29) is 31.1 Å². The van der Waals surface area contributed by atoms with Crippen LogP contribution in [0.5, 0.6) is 0 Å². The maximum absolute atomic E-state index is 10.3. The second-order valence-corrected chi connectivity index (χ2v) is 6.38. The second-order valence-electron chi connectivity index (χ2n) is 6.38.